The Hall–Kier alpha value is -1.93. The van der Waals surface area contributed by atoms with Crippen molar-refractivity contribution in [2.45, 2.75) is 32.4 Å². The number of hydrogen-bond acceptors (Lipinski definition) is 6. The number of esters is 1. The molecule has 1 fully saturated rings. The van der Waals surface area contributed by atoms with Gasteiger partial charge in [0.15, 0.2) is 15.9 Å². The van der Waals surface area contributed by atoms with Crippen LogP contribution >= 0.6 is 11.3 Å². The van der Waals surface area contributed by atoms with Crippen LogP contribution in [0.2, 0.25) is 0 Å². The summed E-state index contributed by atoms with van der Waals surface area (Å²) in [7, 11) is -3.07. The van der Waals surface area contributed by atoms with Gasteiger partial charge in [-0.3, -0.25) is 4.79 Å². The van der Waals surface area contributed by atoms with Gasteiger partial charge in [-0.1, -0.05) is 18.2 Å². The molecule has 0 saturated carbocycles. The van der Waals surface area contributed by atoms with Gasteiger partial charge in [0, 0.05) is 10.7 Å². The minimum Gasteiger partial charge on any atom is -0.448 e. The van der Waals surface area contributed by atoms with Crippen LogP contribution in [-0.4, -0.2) is 43.9 Å². The number of nitrogens with one attached hydrogen (secondary N) is 1. The number of benzene rings is 1. The summed E-state index contributed by atoms with van der Waals surface area (Å²) in [5, 5.41) is 3.63. The van der Waals surface area contributed by atoms with Crippen molar-refractivity contribution >= 4 is 43.1 Å². The fourth-order valence-corrected chi connectivity index (χ4v) is 5.63. The molecule has 2 atom stereocenters. The predicted molar refractivity (Wildman–Crippen MR) is 96.6 cm³/mol. The van der Waals surface area contributed by atoms with E-state index >= 15 is 0 Å². The van der Waals surface area contributed by atoms with E-state index in [2.05, 4.69) is 5.32 Å². The normalized spacial score (nSPS) is 20.3. The minimum atomic E-state index is -3.07. The van der Waals surface area contributed by atoms with Gasteiger partial charge in [-0.15, -0.1) is 11.3 Å². The van der Waals surface area contributed by atoms with E-state index < -0.39 is 33.9 Å². The first-order valence-electron chi connectivity index (χ1n) is 7.97. The number of ether oxygens (including phenoxy) is 1. The maximum Gasteiger partial charge on any atom is 0.349 e. The van der Waals surface area contributed by atoms with E-state index in [1.54, 1.807) is 0 Å². The van der Waals surface area contributed by atoms with E-state index in [0.29, 0.717) is 11.3 Å². The van der Waals surface area contributed by atoms with Gasteiger partial charge < -0.3 is 10.1 Å². The lowest BCUT2D eigenvalue weighted by Gasteiger charge is -2.16. The van der Waals surface area contributed by atoms with Gasteiger partial charge in [0.25, 0.3) is 5.91 Å². The van der Waals surface area contributed by atoms with Gasteiger partial charge in [-0.25, -0.2) is 13.2 Å². The van der Waals surface area contributed by atoms with Gasteiger partial charge in [-0.05, 0) is 37.3 Å². The van der Waals surface area contributed by atoms with Crippen LogP contribution in [0.15, 0.2) is 24.3 Å². The van der Waals surface area contributed by atoms with Crippen molar-refractivity contribution in [3.8, 4) is 0 Å². The summed E-state index contributed by atoms with van der Waals surface area (Å²) in [5.41, 5.74) is 0.833. The Kier molecular flexibility index (Phi) is 4.83. The fraction of sp³-hybridized carbons (Fsp3) is 0.412. The zero-order valence-electron chi connectivity index (χ0n) is 13.9. The SMILES string of the molecule is Cc1c(C(=O)O[C@@H](C)C(=O)N[C@H]2CCS(=O)(=O)C2)sc2ccccc12. The summed E-state index contributed by atoms with van der Waals surface area (Å²) in [6.07, 6.45) is -0.593. The van der Waals surface area contributed by atoms with Crippen LogP contribution < -0.4 is 5.32 Å². The first-order chi connectivity index (χ1) is 11.8. The highest BCUT2D eigenvalue weighted by Crippen LogP contribution is 2.31. The predicted octanol–water partition coefficient (Wildman–Crippen LogP) is 2.06. The number of carbonyl (C=O) groups excluding carboxylic acids is 2. The van der Waals surface area contributed by atoms with Crippen LogP contribution in [0.25, 0.3) is 10.1 Å². The molecule has 1 aliphatic heterocycles. The summed E-state index contributed by atoms with van der Waals surface area (Å²) >= 11 is 1.33. The molecule has 0 unspecified atom stereocenters. The Morgan fingerprint density at radius 1 is 1.32 bits per heavy atom. The highest BCUT2D eigenvalue weighted by molar-refractivity contribution is 7.91. The number of fused-ring (bicyclic) bond motifs is 1. The molecule has 134 valence electrons. The van der Waals surface area contributed by atoms with Crippen molar-refractivity contribution in [1.29, 1.82) is 0 Å². The summed E-state index contributed by atoms with van der Waals surface area (Å²) in [6.45, 7) is 3.34. The fourth-order valence-electron chi connectivity index (χ4n) is 2.86. The molecule has 6 nitrogen and oxygen atoms in total. The van der Waals surface area contributed by atoms with Crippen LogP contribution in [0.4, 0.5) is 0 Å². The number of rotatable bonds is 4. The summed E-state index contributed by atoms with van der Waals surface area (Å²) in [6, 6.07) is 7.27. The molecule has 0 radical (unpaired) electrons. The number of amides is 1. The van der Waals surface area contributed by atoms with Crippen molar-refractivity contribution in [3.63, 3.8) is 0 Å². The number of aryl methyl sites for hydroxylation is 1. The molecule has 2 aromatic rings. The van der Waals surface area contributed by atoms with Gasteiger partial charge >= 0.3 is 5.97 Å². The molecule has 1 aromatic carbocycles. The van der Waals surface area contributed by atoms with Gasteiger partial charge in [-0.2, -0.15) is 0 Å². The van der Waals surface area contributed by atoms with Crippen molar-refractivity contribution in [3.05, 3.63) is 34.7 Å². The lowest BCUT2D eigenvalue weighted by molar-refractivity contribution is -0.129. The molecule has 2 heterocycles. The van der Waals surface area contributed by atoms with Crippen molar-refractivity contribution in [2.75, 3.05) is 11.5 Å². The van der Waals surface area contributed by atoms with Crippen LogP contribution in [0.3, 0.4) is 0 Å². The quantitative estimate of drug-likeness (QED) is 0.819. The topological polar surface area (TPSA) is 89.5 Å². The Morgan fingerprint density at radius 3 is 2.68 bits per heavy atom. The average molecular weight is 381 g/mol. The van der Waals surface area contributed by atoms with Gasteiger partial charge in [0.1, 0.15) is 4.88 Å². The minimum absolute atomic E-state index is 0.0607. The molecule has 25 heavy (non-hydrogen) atoms. The molecular formula is C17H19NO5S2. The summed E-state index contributed by atoms with van der Waals surface area (Å²) in [5.74, 6) is -1.00. The first-order valence-corrected chi connectivity index (χ1v) is 10.6. The van der Waals surface area contributed by atoms with E-state index in [4.69, 9.17) is 4.74 Å². The van der Waals surface area contributed by atoms with E-state index in [1.165, 1.54) is 18.3 Å². The molecule has 1 aromatic heterocycles. The largest absolute Gasteiger partial charge is 0.448 e. The zero-order chi connectivity index (χ0) is 18.2. The van der Waals surface area contributed by atoms with Crippen LogP contribution in [0, 0.1) is 6.92 Å². The van der Waals surface area contributed by atoms with Gasteiger partial charge in [0.2, 0.25) is 0 Å². The first kappa shape index (κ1) is 17.9. The third kappa shape index (κ3) is 3.85. The molecule has 0 spiro atoms. The van der Waals surface area contributed by atoms with Crippen molar-refractivity contribution in [1.82, 2.24) is 5.32 Å². The molecule has 1 saturated heterocycles. The molecule has 1 amide bonds. The number of thiophene rings is 1. The number of sulfone groups is 1. The highest BCUT2D eigenvalue weighted by atomic mass is 32.2. The number of carbonyl (C=O) groups is 2. The van der Waals surface area contributed by atoms with Crippen LogP contribution in [0.1, 0.15) is 28.6 Å². The van der Waals surface area contributed by atoms with E-state index in [-0.39, 0.29) is 11.5 Å². The smallest absolute Gasteiger partial charge is 0.349 e. The Balaban J connectivity index is 1.65. The second kappa shape index (κ2) is 6.76. The lowest BCUT2D eigenvalue weighted by atomic mass is 10.1. The molecule has 1 aliphatic rings. The van der Waals surface area contributed by atoms with Crippen LogP contribution in [-0.2, 0) is 19.4 Å². The van der Waals surface area contributed by atoms with Crippen LogP contribution in [0.5, 0.6) is 0 Å². The second-order valence-corrected chi connectivity index (χ2v) is 9.49. The summed E-state index contributed by atoms with van der Waals surface area (Å²) in [4.78, 5) is 25.0. The monoisotopic (exact) mass is 381 g/mol. The standard InChI is InChI=1S/C17H19NO5S2/c1-10-13-5-3-4-6-14(13)24-15(10)17(20)23-11(2)16(19)18-12-7-8-25(21,22)9-12/h3-6,11-12H,7-9H2,1-2H3,(H,18,19)/t11-,12-/m0/s1. The van der Waals surface area contributed by atoms with E-state index in [1.807, 2.05) is 31.2 Å². The third-order valence-electron chi connectivity index (χ3n) is 4.26. The molecule has 0 bridgehead atoms. The Morgan fingerprint density at radius 2 is 2.04 bits per heavy atom. The summed E-state index contributed by atoms with van der Waals surface area (Å²) < 4.78 is 29.2. The molecule has 8 heteroatoms. The highest BCUT2D eigenvalue weighted by Gasteiger charge is 2.31. The second-order valence-electron chi connectivity index (χ2n) is 6.21. The van der Waals surface area contributed by atoms with E-state index in [9.17, 15) is 18.0 Å². The average Bonchev–Trinajstić information content (AvgIpc) is 3.07. The zero-order valence-corrected chi connectivity index (χ0v) is 15.6. The molecule has 1 N–H and O–H groups in total. The molecule has 3 rings (SSSR count). The lowest BCUT2D eigenvalue weighted by Crippen LogP contribution is -2.42. The number of hydrogen-bond donors (Lipinski definition) is 1. The van der Waals surface area contributed by atoms with E-state index in [0.717, 1.165) is 15.6 Å². The molecule has 0 aliphatic carbocycles. The third-order valence-corrected chi connectivity index (χ3v) is 7.28. The van der Waals surface area contributed by atoms with Crippen molar-refractivity contribution < 1.29 is 22.7 Å². The molecular weight excluding hydrogens is 362 g/mol. The Bertz CT molecular complexity index is 932. The maximum absolute atomic E-state index is 12.4. The van der Waals surface area contributed by atoms with Crippen molar-refractivity contribution in [2.24, 2.45) is 0 Å². The Labute approximate surface area is 150 Å². The van der Waals surface area contributed by atoms with Gasteiger partial charge in [0.05, 0.1) is 11.5 Å². The maximum atomic E-state index is 12.4.